The number of benzene rings is 1. The van der Waals surface area contributed by atoms with Gasteiger partial charge in [-0.3, -0.25) is 4.79 Å². The van der Waals surface area contributed by atoms with Gasteiger partial charge in [0.05, 0.1) is 11.6 Å². The zero-order chi connectivity index (χ0) is 26.0. The van der Waals surface area contributed by atoms with Crippen LogP contribution < -0.4 is 15.4 Å². The highest BCUT2D eigenvalue weighted by atomic mass is 19.4. The van der Waals surface area contributed by atoms with Crippen LogP contribution in [-0.2, 0) is 28.5 Å². The lowest BCUT2D eigenvalue weighted by Gasteiger charge is -2.30. The molecule has 0 bridgehead atoms. The first-order chi connectivity index (χ1) is 17.8. The average molecular weight is 523 g/mol. The Morgan fingerprint density at radius 2 is 2.00 bits per heavy atom. The highest BCUT2D eigenvalue weighted by molar-refractivity contribution is 5.82. The number of rotatable bonds is 6. The molecule has 2 aromatic rings. The van der Waals surface area contributed by atoms with Gasteiger partial charge in [0.15, 0.2) is 6.10 Å². The van der Waals surface area contributed by atoms with Crippen LogP contribution in [0.25, 0.3) is 0 Å². The van der Waals surface area contributed by atoms with Gasteiger partial charge in [-0.05, 0) is 68.7 Å². The van der Waals surface area contributed by atoms with Crippen molar-refractivity contribution in [3.05, 3.63) is 52.7 Å². The lowest BCUT2D eigenvalue weighted by Crippen LogP contribution is -2.47. The Kier molecular flexibility index (Phi) is 7.62. The highest BCUT2D eigenvalue weighted by Gasteiger charge is 2.37. The largest absolute Gasteiger partial charge is 0.464 e. The van der Waals surface area contributed by atoms with E-state index >= 15 is 0 Å². The van der Waals surface area contributed by atoms with Gasteiger partial charge in [0.1, 0.15) is 11.6 Å². The molecule has 1 aromatic carbocycles. The molecule has 4 heterocycles. The smallest absolute Gasteiger partial charge is 0.419 e. The summed E-state index contributed by atoms with van der Waals surface area (Å²) < 4.78 is 64.9. The van der Waals surface area contributed by atoms with E-state index < -0.39 is 35.6 Å². The second-order valence-electron chi connectivity index (χ2n) is 9.95. The maximum Gasteiger partial charge on any atom is 0.419 e. The van der Waals surface area contributed by atoms with Gasteiger partial charge in [-0.2, -0.15) is 18.2 Å². The Balaban J connectivity index is 1.30. The number of ether oxygens (including phenoxy) is 2. The Morgan fingerprint density at radius 3 is 2.70 bits per heavy atom. The van der Waals surface area contributed by atoms with Crippen LogP contribution in [0, 0.1) is 11.7 Å². The van der Waals surface area contributed by atoms with Gasteiger partial charge >= 0.3 is 6.18 Å². The van der Waals surface area contributed by atoms with Gasteiger partial charge in [-0.1, -0.05) is 6.07 Å². The van der Waals surface area contributed by atoms with Crippen LogP contribution in [0.1, 0.15) is 60.7 Å². The number of hydrogen-bond donors (Lipinski definition) is 2. The van der Waals surface area contributed by atoms with Gasteiger partial charge < -0.3 is 20.1 Å². The lowest BCUT2D eigenvalue weighted by molar-refractivity contribution is -0.140. The second-order valence-corrected chi connectivity index (χ2v) is 9.95. The number of fused-ring (bicyclic) bond motifs is 1. The summed E-state index contributed by atoms with van der Waals surface area (Å²) >= 11 is 0. The molecule has 0 aliphatic carbocycles. The van der Waals surface area contributed by atoms with Gasteiger partial charge in [0.25, 0.3) is 5.91 Å². The van der Waals surface area contributed by atoms with Crippen molar-refractivity contribution in [2.24, 2.45) is 5.92 Å². The fourth-order valence-electron chi connectivity index (χ4n) is 5.28. The Labute approximate surface area is 212 Å². The van der Waals surface area contributed by atoms with Crippen molar-refractivity contribution in [3.8, 4) is 5.88 Å². The minimum absolute atomic E-state index is 0.232. The van der Waals surface area contributed by atoms with Crippen molar-refractivity contribution in [3.63, 3.8) is 0 Å². The van der Waals surface area contributed by atoms with Crippen LogP contribution in [0.4, 0.5) is 17.6 Å². The number of amides is 1. The maximum absolute atomic E-state index is 14.4. The highest BCUT2D eigenvalue weighted by Crippen LogP contribution is 2.34. The third-order valence-electron chi connectivity index (χ3n) is 7.37. The molecular weight excluding hydrogens is 492 g/mol. The van der Waals surface area contributed by atoms with E-state index in [1.165, 1.54) is 6.07 Å². The summed E-state index contributed by atoms with van der Waals surface area (Å²) in [7, 11) is 0. The van der Waals surface area contributed by atoms with Crippen LogP contribution in [0.5, 0.6) is 5.88 Å². The summed E-state index contributed by atoms with van der Waals surface area (Å²) in [6, 6.07) is 1.88. The molecule has 2 fully saturated rings. The summed E-state index contributed by atoms with van der Waals surface area (Å²) in [4.78, 5) is 22.3. The number of alkyl halides is 3. The Bertz CT molecular complexity index is 1120. The van der Waals surface area contributed by atoms with Crippen LogP contribution in [-0.4, -0.2) is 47.8 Å². The van der Waals surface area contributed by atoms with E-state index in [1.54, 1.807) is 6.20 Å². The SMILES string of the molecule is O=C(N[C@@H](c1ccc(C(F)(F)F)c(F)c1)[C@@H]1CCCN1)[C@H]1CCc2cnc(CC3CCOCC3)nc2O1. The van der Waals surface area contributed by atoms with Crippen LogP contribution in [0.3, 0.4) is 0 Å². The molecule has 1 amide bonds. The molecular formula is C26H30F4N4O3. The average Bonchev–Trinajstić information content (AvgIpc) is 3.41. The maximum atomic E-state index is 14.4. The Morgan fingerprint density at radius 1 is 1.19 bits per heavy atom. The number of aromatic nitrogens is 2. The van der Waals surface area contributed by atoms with Gasteiger partial charge in [0, 0.05) is 37.4 Å². The molecule has 37 heavy (non-hydrogen) atoms. The van der Waals surface area contributed by atoms with Crippen molar-refractivity contribution in [2.45, 2.75) is 69.3 Å². The molecule has 7 nitrogen and oxygen atoms in total. The number of nitrogens with one attached hydrogen (secondary N) is 2. The third kappa shape index (κ3) is 6.04. The quantitative estimate of drug-likeness (QED) is 0.560. The minimum Gasteiger partial charge on any atom is -0.464 e. The van der Waals surface area contributed by atoms with Crippen LogP contribution >= 0.6 is 0 Å². The third-order valence-corrected chi connectivity index (χ3v) is 7.37. The number of halogens is 4. The fourth-order valence-corrected chi connectivity index (χ4v) is 5.28. The predicted octanol–water partition coefficient (Wildman–Crippen LogP) is 3.91. The normalized spacial score (nSPS) is 23.2. The van der Waals surface area contributed by atoms with Gasteiger partial charge in [-0.15, -0.1) is 0 Å². The van der Waals surface area contributed by atoms with E-state index in [4.69, 9.17) is 9.47 Å². The number of carbonyl (C=O) groups excluding carboxylic acids is 1. The van der Waals surface area contributed by atoms with Crippen molar-refractivity contribution < 1.29 is 31.8 Å². The molecule has 5 rings (SSSR count). The summed E-state index contributed by atoms with van der Waals surface area (Å²) in [5, 5.41) is 6.17. The molecule has 0 unspecified atom stereocenters. The topological polar surface area (TPSA) is 85.4 Å². The molecule has 1 aromatic heterocycles. The summed E-state index contributed by atoms with van der Waals surface area (Å²) in [6.45, 7) is 2.17. The number of aryl methyl sites for hydroxylation is 1. The zero-order valence-corrected chi connectivity index (χ0v) is 20.3. The first-order valence-electron chi connectivity index (χ1n) is 12.8. The molecule has 0 spiro atoms. The first-order valence-corrected chi connectivity index (χ1v) is 12.8. The minimum atomic E-state index is -4.79. The summed E-state index contributed by atoms with van der Waals surface area (Å²) in [6.07, 6.45) is 1.28. The summed E-state index contributed by atoms with van der Waals surface area (Å²) in [5.41, 5.74) is -0.224. The Hall–Kier alpha value is -2.79. The van der Waals surface area contributed by atoms with E-state index in [0.717, 1.165) is 50.2 Å². The summed E-state index contributed by atoms with van der Waals surface area (Å²) in [5.74, 6) is -0.272. The van der Waals surface area contributed by atoms with Gasteiger partial charge in [0.2, 0.25) is 5.88 Å². The molecule has 2 N–H and O–H groups in total. The number of hydrogen-bond acceptors (Lipinski definition) is 6. The van der Waals surface area contributed by atoms with Crippen LogP contribution in [0.15, 0.2) is 24.4 Å². The van der Waals surface area contributed by atoms with Crippen molar-refractivity contribution in [2.75, 3.05) is 19.8 Å². The van der Waals surface area contributed by atoms with E-state index in [-0.39, 0.29) is 11.6 Å². The number of carbonyl (C=O) groups is 1. The second kappa shape index (κ2) is 10.9. The van der Waals surface area contributed by atoms with E-state index in [9.17, 15) is 22.4 Å². The van der Waals surface area contributed by atoms with E-state index in [0.29, 0.717) is 49.9 Å². The molecule has 0 radical (unpaired) electrons. The molecule has 2 saturated heterocycles. The molecule has 3 aliphatic heterocycles. The van der Waals surface area contributed by atoms with E-state index in [2.05, 4.69) is 20.6 Å². The number of nitrogens with zero attached hydrogens (tertiary/aromatic N) is 2. The molecule has 200 valence electrons. The van der Waals surface area contributed by atoms with Gasteiger partial charge in [-0.25, -0.2) is 9.37 Å². The molecule has 0 saturated carbocycles. The standard InChI is InChI=1S/C26H30F4N4O3/c27-19-13-16(3-5-18(19)26(28,29)30)23(20-2-1-9-31-20)34-24(35)21-6-4-17-14-32-22(33-25(17)37-21)12-15-7-10-36-11-8-15/h3,5,13-15,20-21,23,31H,1-2,4,6-12H2,(H,34,35)/t20-,21+,23-/m0/s1. The van der Waals surface area contributed by atoms with E-state index in [1.807, 2.05) is 0 Å². The zero-order valence-electron chi connectivity index (χ0n) is 20.3. The predicted molar refractivity (Wildman–Crippen MR) is 125 cm³/mol. The molecule has 3 atom stereocenters. The van der Waals surface area contributed by atoms with Crippen molar-refractivity contribution in [1.82, 2.24) is 20.6 Å². The van der Waals surface area contributed by atoms with Crippen molar-refractivity contribution in [1.29, 1.82) is 0 Å². The fraction of sp³-hybridized carbons (Fsp3) is 0.577. The van der Waals surface area contributed by atoms with Crippen LogP contribution in [0.2, 0.25) is 0 Å². The lowest BCUT2D eigenvalue weighted by atomic mass is 9.95. The molecule has 3 aliphatic rings. The first kappa shape index (κ1) is 25.8. The molecule has 11 heteroatoms. The monoisotopic (exact) mass is 522 g/mol. The van der Waals surface area contributed by atoms with Crippen molar-refractivity contribution >= 4 is 5.91 Å².